The van der Waals surface area contributed by atoms with Gasteiger partial charge in [0.15, 0.2) is 0 Å². The van der Waals surface area contributed by atoms with Crippen LogP contribution in [0.2, 0.25) is 0 Å². The lowest BCUT2D eigenvalue weighted by atomic mass is 10.1. The highest BCUT2D eigenvalue weighted by atomic mass is 32.2. The summed E-state index contributed by atoms with van der Waals surface area (Å²) in [6.45, 7) is 0. The van der Waals surface area contributed by atoms with Gasteiger partial charge in [-0.15, -0.1) is 0 Å². The molecule has 0 aromatic heterocycles. The zero-order valence-electron chi connectivity index (χ0n) is 10.1. The molecule has 2 atom stereocenters. The maximum absolute atomic E-state index is 11.7. The highest BCUT2D eigenvalue weighted by molar-refractivity contribution is 7.89. The number of carbonyl (C=O) groups excluding carboxylic acids is 1. The van der Waals surface area contributed by atoms with E-state index in [0.717, 1.165) is 0 Å². The summed E-state index contributed by atoms with van der Waals surface area (Å²) < 4.78 is 30.0. The molecule has 1 saturated carbocycles. The maximum Gasteiger partial charge on any atom is 0.308 e. The van der Waals surface area contributed by atoms with Crippen LogP contribution < -0.4 is 4.72 Å². The average Bonchev–Trinajstić information content (AvgIpc) is 2.73. The monoisotopic (exact) mass is 279 g/mol. The Morgan fingerprint density at radius 2 is 2.06 bits per heavy atom. The number of carboxylic acids is 1. The Kier molecular flexibility index (Phi) is 5.09. The molecule has 1 rings (SSSR count). The van der Waals surface area contributed by atoms with E-state index in [9.17, 15) is 18.0 Å². The van der Waals surface area contributed by atoms with Crippen LogP contribution in [0, 0.1) is 5.92 Å². The first-order valence-electron chi connectivity index (χ1n) is 5.65. The number of sulfonamides is 1. The van der Waals surface area contributed by atoms with Gasteiger partial charge in [0, 0.05) is 6.04 Å². The highest BCUT2D eigenvalue weighted by Crippen LogP contribution is 2.26. The third-order valence-corrected chi connectivity index (χ3v) is 4.37. The normalized spacial score (nSPS) is 23.8. The third kappa shape index (κ3) is 4.26. The van der Waals surface area contributed by atoms with E-state index < -0.39 is 33.9 Å². The van der Waals surface area contributed by atoms with Gasteiger partial charge in [0.1, 0.15) is 0 Å². The Morgan fingerprint density at radius 3 is 2.61 bits per heavy atom. The molecule has 0 aromatic rings. The Balaban J connectivity index is 2.54. The van der Waals surface area contributed by atoms with Gasteiger partial charge in [-0.25, -0.2) is 13.1 Å². The van der Waals surface area contributed by atoms with Crippen LogP contribution in [0.4, 0.5) is 0 Å². The predicted molar refractivity (Wildman–Crippen MR) is 62.3 cm³/mol. The molecule has 0 aromatic carbocycles. The molecule has 2 N–H and O–H groups in total. The van der Waals surface area contributed by atoms with Crippen LogP contribution in [0.3, 0.4) is 0 Å². The number of nitrogens with one attached hydrogen (secondary N) is 1. The van der Waals surface area contributed by atoms with Gasteiger partial charge in [0.05, 0.1) is 25.2 Å². The van der Waals surface area contributed by atoms with Crippen molar-refractivity contribution in [3.63, 3.8) is 0 Å². The summed E-state index contributed by atoms with van der Waals surface area (Å²) in [5.74, 6) is -2.67. The van der Waals surface area contributed by atoms with Crippen molar-refractivity contribution in [1.82, 2.24) is 4.72 Å². The number of carboxylic acid groups (broad SMARTS) is 1. The fourth-order valence-electron chi connectivity index (χ4n) is 2.01. The zero-order valence-corrected chi connectivity index (χ0v) is 10.9. The van der Waals surface area contributed by atoms with Crippen molar-refractivity contribution in [3.05, 3.63) is 0 Å². The van der Waals surface area contributed by atoms with Gasteiger partial charge in [-0.3, -0.25) is 9.59 Å². The van der Waals surface area contributed by atoms with Crippen molar-refractivity contribution in [2.24, 2.45) is 5.92 Å². The van der Waals surface area contributed by atoms with Gasteiger partial charge in [-0.05, 0) is 12.8 Å². The number of esters is 1. The standard InChI is InChI=1S/C10H17NO6S/c1-17-9(12)5-6-18(15,16)11-8-4-2-3-7(8)10(13)14/h7-8,11H,2-6H2,1H3,(H,13,14). The number of methoxy groups -OCH3 is 1. The van der Waals surface area contributed by atoms with Gasteiger partial charge >= 0.3 is 11.9 Å². The van der Waals surface area contributed by atoms with Crippen LogP contribution in [-0.2, 0) is 24.3 Å². The average molecular weight is 279 g/mol. The quantitative estimate of drug-likeness (QED) is 0.647. The van der Waals surface area contributed by atoms with Gasteiger partial charge in [-0.1, -0.05) is 6.42 Å². The van der Waals surface area contributed by atoms with Crippen molar-refractivity contribution >= 4 is 22.0 Å². The van der Waals surface area contributed by atoms with Crippen LogP contribution in [0.5, 0.6) is 0 Å². The largest absolute Gasteiger partial charge is 0.481 e. The van der Waals surface area contributed by atoms with Gasteiger partial charge in [0.25, 0.3) is 0 Å². The lowest BCUT2D eigenvalue weighted by Crippen LogP contribution is -2.41. The fraction of sp³-hybridized carbons (Fsp3) is 0.800. The van der Waals surface area contributed by atoms with Crippen molar-refractivity contribution in [1.29, 1.82) is 0 Å². The first kappa shape index (κ1) is 14.9. The van der Waals surface area contributed by atoms with E-state index in [4.69, 9.17) is 5.11 Å². The Hall–Kier alpha value is -1.15. The second-order valence-corrected chi connectivity index (χ2v) is 6.12. The number of rotatable bonds is 6. The minimum absolute atomic E-state index is 0.240. The summed E-state index contributed by atoms with van der Waals surface area (Å²) in [5.41, 5.74) is 0. The Labute approximate surface area is 106 Å². The number of carbonyl (C=O) groups is 2. The molecular weight excluding hydrogens is 262 g/mol. The molecule has 8 heteroatoms. The first-order valence-corrected chi connectivity index (χ1v) is 7.30. The minimum atomic E-state index is -3.65. The second-order valence-electron chi connectivity index (χ2n) is 4.24. The van der Waals surface area contributed by atoms with E-state index in [-0.39, 0.29) is 12.2 Å². The molecule has 0 radical (unpaired) electrons. The van der Waals surface area contributed by atoms with E-state index in [2.05, 4.69) is 9.46 Å². The molecule has 1 fully saturated rings. The SMILES string of the molecule is COC(=O)CCS(=O)(=O)NC1CCCC1C(=O)O. The molecule has 7 nitrogen and oxygen atoms in total. The van der Waals surface area contributed by atoms with E-state index in [1.807, 2.05) is 0 Å². The predicted octanol–water partition coefficient (Wildman–Crippen LogP) is -0.278. The van der Waals surface area contributed by atoms with Gasteiger partial charge in [-0.2, -0.15) is 0 Å². The van der Waals surface area contributed by atoms with E-state index in [1.165, 1.54) is 7.11 Å². The molecule has 0 heterocycles. The molecule has 18 heavy (non-hydrogen) atoms. The number of ether oxygens (including phenoxy) is 1. The van der Waals surface area contributed by atoms with Crippen molar-refractivity contribution in [2.45, 2.75) is 31.7 Å². The lowest BCUT2D eigenvalue weighted by Gasteiger charge is -2.17. The summed E-state index contributed by atoms with van der Waals surface area (Å²) >= 11 is 0. The second kappa shape index (κ2) is 6.14. The molecule has 1 aliphatic carbocycles. The molecular formula is C10H17NO6S. The third-order valence-electron chi connectivity index (χ3n) is 2.97. The molecule has 0 spiro atoms. The molecule has 0 amide bonds. The van der Waals surface area contributed by atoms with E-state index in [0.29, 0.717) is 19.3 Å². The van der Waals surface area contributed by atoms with Crippen molar-refractivity contribution in [3.8, 4) is 0 Å². The highest BCUT2D eigenvalue weighted by Gasteiger charge is 2.35. The van der Waals surface area contributed by atoms with Crippen LogP contribution in [0.15, 0.2) is 0 Å². The first-order chi connectivity index (χ1) is 8.35. The Bertz CT molecular complexity index is 418. The van der Waals surface area contributed by atoms with Crippen molar-refractivity contribution < 1.29 is 27.9 Å². The number of hydrogen-bond donors (Lipinski definition) is 2. The molecule has 0 aliphatic heterocycles. The smallest absolute Gasteiger partial charge is 0.308 e. The minimum Gasteiger partial charge on any atom is -0.481 e. The van der Waals surface area contributed by atoms with Crippen LogP contribution >= 0.6 is 0 Å². The summed E-state index contributed by atoms with van der Waals surface area (Å²) in [4.78, 5) is 21.8. The van der Waals surface area contributed by atoms with E-state index >= 15 is 0 Å². The summed E-state index contributed by atoms with van der Waals surface area (Å²) in [5, 5.41) is 8.93. The van der Waals surface area contributed by atoms with Gasteiger partial charge < -0.3 is 9.84 Å². The van der Waals surface area contributed by atoms with Crippen LogP contribution in [-0.4, -0.2) is 44.4 Å². The molecule has 0 saturated heterocycles. The van der Waals surface area contributed by atoms with Crippen LogP contribution in [0.25, 0.3) is 0 Å². The molecule has 1 aliphatic rings. The summed E-state index contributed by atoms with van der Waals surface area (Å²) in [6.07, 6.45) is 1.42. The number of aliphatic carboxylic acids is 1. The summed E-state index contributed by atoms with van der Waals surface area (Å²) in [7, 11) is -2.47. The fourth-order valence-corrected chi connectivity index (χ4v) is 3.30. The maximum atomic E-state index is 11.7. The Morgan fingerprint density at radius 1 is 1.39 bits per heavy atom. The zero-order chi connectivity index (χ0) is 13.8. The topological polar surface area (TPSA) is 110 Å². The van der Waals surface area contributed by atoms with Gasteiger partial charge in [0.2, 0.25) is 10.0 Å². The lowest BCUT2D eigenvalue weighted by molar-refractivity contribution is -0.142. The van der Waals surface area contributed by atoms with E-state index in [1.54, 1.807) is 0 Å². The van der Waals surface area contributed by atoms with Crippen LogP contribution in [0.1, 0.15) is 25.7 Å². The molecule has 0 bridgehead atoms. The molecule has 104 valence electrons. The summed E-state index contributed by atoms with van der Waals surface area (Å²) in [6, 6.07) is -0.579. The van der Waals surface area contributed by atoms with Crippen molar-refractivity contribution in [2.75, 3.05) is 12.9 Å². The number of hydrogen-bond acceptors (Lipinski definition) is 5. The molecule has 2 unspecified atom stereocenters.